The van der Waals surface area contributed by atoms with Crippen LogP contribution in [0.4, 0.5) is 9.59 Å². The zero-order valence-corrected chi connectivity index (χ0v) is 33.2. The highest BCUT2D eigenvalue weighted by molar-refractivity contribution is 6.31. The number of nitrogens with zero attached hydrogens (tertiary/aromatic N) is 4. The maximum Gasteiger partial charge on any atom is 0.407 e. The number of amides is 4. The van der Waals surface area contributed by atoms with Gasteiger partial charge in [0.15, 0.2) is 0 Å². The number of fused-ring (bicyclic) bond motifs is 3. The molecule has 4 amide bonds. The molecule has 2 heterocycles. The number of nitrogens with one attached hydrogen (secondary N) is 4. The summed E-state index contributed by atoms with van der Waals surface area (Å²) in [7, 11) is 2.50. The average molecular weight is 773 g/mol. The first-order valence-electron chi connectivity index (χ1n) is 18.2. The Balaban J connectivity index is 1.34. The largest absolute Gasteiger partial charge is 0.453 e. The Hall–Kier alpha value is -5.63. The van der Waals surface area contributed by atoms with Gasteiger partial charge in [0.1, 0.15) is 35.6 Å². The Bertz CT molecular complexity index is 2160. The van der Waals surface area contributed by atoms with E-state index in [2.05, 4.69) is 42.2 Å². The fourth-order valence-electron chi connectivity index (χ4n) is 6.20. The van der Waals surface area contributed by atoms with Crippen molar-refractivity contribution in [2.75, 3.05) is 27.3 Å². The first-order chi connectivity index (χ1) is 26.2. The van der Waals surface area contributed by atoms with Crippen LogP contribution in [0, 0.1) is 11.8 Å². The number of alkyl carbamates (subject to hydrolysis) is 2. The number of hydrogen-bond donors (Lipinski definition) is 4. The van der Waals surface area contributed by atoms with Crippen molar-refractivity contribution in [2.24, 2.45) is 11.8 Å². The van der Waals surface area contributed by atoms with Gasteiger partial charge in [-0.3, -0.25) is 9.59 Å². The van der Waals surface area contributed by atoms with Crippen molar-refractivity contribution in [1.29, 1.82) is 0 Å². The molecular formula is C40H49ClN8O6. The summed E-state index contributed by atoms with van der Waals surface area (Å²) in [6.07, 6.45) is -1.34. The van der Waals surface area contributed by atoms with Crippen LogP contribution in [0.3, 0.4) is 0 Å². The number of benzene rings is 3. The van der Waals surface area contributed by atoms with E-state index in [-0.39, 0.29) is 61.9 Å². The number of aromatic amines is 2. The number of halogens is 1. The monoisotopic (exact) mass is 772 g/mol. The molecule has 0 saturated heterocycles. The van der Waals surface area contributed by atoms with E-state index in [4.69, 9.17) is 21.6 Å². The molecule has 0 radical (unpaired) electrons. The van der Waals surface area contributed by atoms with Crippen LogP contribution in [-0.2, 0) is 32.2 Å². The second kappa shape index (κ2) is 17.7. The standard InChI is InChI=1S/C40H49ClN8O6/c1-22(2)24(5)48(34(50)18-42-39(52)54-7)20-32-44-31-16-14-29-17-28(13-15-30(29)37(31)46-32)26-9-11-27(12-10-26)36-38(41)47-33(45-36)21-49(25(6)23(3)4)35(51)19-43-40(53)55-8/h9-17,22-25H,18-21H2,1-8H3,(H,42,52)(H,43,53)(H,44,46)(H,45,47)/t24-,25-/m1/s1. The van der Waals surface area contributed by atoms with Gasteiger partial charge in [-0.2, -0.15) is 0 Å². The fraction of sp³-hybridized carbons (Fsp3) is 0.400. The molecule has 5 rings (SSSR count). The Kier molecular flexibility index (Phi) is 13.0. The number of aromatic nitrogens is 4. The summed E-state index contributed by atoms with van der Waals surface area (Å²) in [5.74, 6) is 1.01. The molecule has 0 spiro atoms. The molecule has 14 nitrogen and oxygen atoms in total. The molecule has 55 heavy (non-hydrogen) atoms. The average Bonchev–Trinajstić information content (AvgIpc) is 3.78. The van der Waals surface area contributed by atoms with Crippen LogP contribution in [-0.4, -0.2) is 93.1 Å². The highest BCUT2D eigenvalue weighted by atomic mass is 35.5. The molecule has 2 aromatic heterocycles. The summed E-state index contributed by atoms with van der Waals surface area (Å²) in [5, 5.41) is 7.28. The molecule has 3 aromatic carbocycles. The lowest BCUT2D eigenvalue weighted by atomic mass is 9.99. The van der Waals surface area contributed by atoms with Crippen molar-refractivity contribution in [3.05, 3.63) is 71.4 Å². The SMILES string of the molecule is COC(=O)NCC(=O)N(Cc1nc(-c2ccc(-c3ccc4c(ccc5[nH]c(CN(C(=O)CNC(=O)OC)[C@H](C)C(C)C)nc54)c3)cc2)c(Cl)[nH]1)[C@H](C)C(C)C. The normalized spacial score (nSPS) is 12.5. The van der Waals surface area contributed by atoms with Gasteiger partial charge in [-0.25, -0.2) is 19.6 Å². The van der Waals surface area contributed by atoms with Gasteiger partial charge in [0.25, 0.3) is 0 Å². The topological polar surface area (TPSA) is 175 Å². The fourth-order valence-corrected chi connectivity index (χ4v) is 6.46. The minimum atomic E-state index is -0.677. The lowest BCUT2D eigenvalue weighted by molar-refractivity contribution is -0.134. The van der Waals surface area contributed by atoms with Gasteiger partial charge in [0, 0.05) is 23.0 Å². The van der Waals surface area contributed by atoms with Crippen LogP contribution in [0.25, 0.3) is 44.2 Å². The molecule has 0 aliphatic carbocycles. The molecule has 0 fully saturated rings. The molecule has 0 unspecified atom stereocenters. The summed E-state index contributed by atoms with van der Waals surface area (Å²) < 4.78 is 9.23. The number of hydrogen-bond acceptors (Lipinski definition) is 8. The minimum Gasteiger partial charge on any atom is -0.453 e. The Morgan fingerprint density at radius 1 is 0.691 bits per heavy atom. The number of H-pyrrole nitrogens is 2. The van der Waals surface area contributed by atoms with Crippen LogP contribution in [0.2, 0.25) is 5.15 Å². The van der Waals surface area contributed by atoms with Crippen LogP contribution >= 0.6 is 11.6 Å². The van der Waals surface area contributed by atoms with Crippen molar-refractivity contribution < 1.29 is 28.7 Å². The first kappa shape index (κ1) is 40.6. The Morgan fingerprint density at radius 2 is 1.20 bits per heavy atom. The van der Waals surface area contributed by atoms with Crippen LogP contribution in [0.5, 0.6) is 0 Å². The molecular weight excluding hydrogens is 724 g/mol. The second-order valence-corrected chi connectivity index (χ2v) is 14.6. The van der Waals surface area contributed by atoms with Crippen molar-refractivity contribution >= 4 is 57.4 Å². The molecule has 292 valence electrons. The Morgan fingerprint density at radius 3 is 1.73 bits per heavy atom. The number of methoxy groups -OCH3 is 2. The smallest absolute Gasteiger partial charge is 0.407 e. The third kappa shape index (κ3) is 9.55. The summed E-state index contributed by atoms with van der Waals surface area (Å²) in [6, 6.07) is 18.0. The third-order valence-electron chi connectivity index (χ3n) is 10.0. The molecule has 15 heteroatoms. The zero-order chi connectivity index (χ0) is 40.0. The lowest BCUT2D eigenvalue weighted by Crippen LogP contribution is -2.46. The van der Waals surface area contributed by atoms with Crippen LogP contribution < -0.4 is 10.6 Å². The number of rotatable bonds is 14. The maximum absolute atomic E-state index is 13.2. The number of ether oxygens (including phenoxy) is 2. The van der Waals surface area contributed by atoms with E-state index in [1.54, 1.807) is 9.80 Å². The van der Waals surface area contributed by atoms with Crippen molar-refractivity contribution in [1.82, 2.24) is 40.4 Å². The summed E-state index contributed by atoms with van der Waals surface area (Å²) >= 11 is 6.64. The minimum absolute atomic E-state index is 0.0975. The van der Waals surface area contributed by atoms with Gasteiger partial charge in [-0.15, -0.1) is 0 Å². The summed E-state index contributed by atoms with van der Waals surface area (Å²) in [4.78, 5) is 69.0. The number of carbonyl (C=O) groups is 4. The van der Waals surface area contributed by atoms with E-state index in [9.17, 15) is 19.2 Å². The first-order valence-corrected chi connectivity index (χ1v) is 18.6. The maximum atomic E-state index is 13.2. The van der Waals surface area contributed by atoms with Crippen LogP contribution in [0.1, 0.15) is 53.2 Å². The van der Waals surface area contributed by atoms with E-state index in [0.717, 1.165) is 38.5 Å². The van der Waals surface area contributed by atoms with Gasteiger partial charge in [-0.1, -0.05) is 81.8 Å². The highest BCUT2D eigenvalue weighted by Gasteiger charge is 2.26. The van der Waals surface area contributed by atoms with E-state index >= 15 is 0 Å². The van der Waals surface area contributed by atoms with Crippen LogP contribution in [0.15, 0.2) is 54.6 Å². The summed E-state index contributed by atoms with van der Waals surface area (Å²) in [5.41, 5.74) is 5.05. The molecule has 0 aliphatic rings. The van der Waals surface area contributed by atoms with E-state index in [1.165, 1.54) is 14.2 Å². The quantitative estimate of drug-likeness (QED) is 0.0945. The van der Waals surface area contributed by atoms with E-state index in [1.807, 2.05) is 84.0 Å². The lowest BCUT2D eigenvalue weighted by Gasteiger charge is -2.31. The molecule has 5 aromatic rings. The zero-order valence-electron chi connectivity index (χ0n) is 32.5. The van der Waals surface area contributed by atoms with Gasteiger partial charge in [-0.05, 0) is 54.3 Å². The predicted molar refractivity (Wildman–Crippen MR) is 212 cm³/mol. The van der Waals surface area contributed by atoms with Gasteiger partial charge >= 0.3 is 12.2 Å². The van der Waals surface area contributed by atoms with E-state index in [0.29, 0.717) is 22.5 Å². The second-order valence-electron chi connectivity index (χ2n) is 14.2. The third-order valence-corrected chi connectivity index (χ3v) is 10.3. The Labute approximate surface area is 325 Å². The number of carbonyl (C=O) groups excluding carboxylic acids is 4. The highest BCUT2D eigenvalue weighted by Crippen LogP contribution is 2.32. The van der Waals surface area contributed by atoms with Gasteiger partial charge in [0.05, 0.1) is 38.3 Å². The molecule has 2 atom stereocenters. The molecule has 4 N–H and O–H groups in total. The molecule has 0 aliphatic heterocycles. The van der Waals surface area contributed by atoms with Crippen molar-refractivity contribution in [2.45, 2.75) is 66.7 Å². The van der Waals surface area contributed by atoms with E-state index < -0.39 is 12.2 Å². The molecule has 0 saturated carbocycles. The van der Waals surface area contributed by atoms with Crippen molar-refractivity contribution in [3.8, 4) is 22.4 Å². The van der Waals surface area contributed by atoms with Gasteiger partial charge < -0.3 is 39.9 Å². The number of imidazole rings is 2. The van der Waals surface area contributed by atoms with Gasteiger partial charge in [0.2, 0.25) is 11.8 Å². The van der Waals surface area contributed by atoms with Crippen molar-refractivity contribution in [3.63, 3.8) is 0 Å². The summed E-state index contributed by atoms with van der Waals surface area (Å²) in [6.45, 7) is 12.1. The predicted octanol–water partition coefficient (Wildman–Crippen LogP) is 6.88. The molecule has 0 bridgehead atoms.